The summed E-state index contributed by atoms with van der Waals surface area (Å²) in [4.78, 5) is 19.0. The van der Waals surface area contributed by atoms with Crippen molar-refractivity contribution in [3.63, 3.8) is 0 Å². The van der Waals surface area contributed by atoms with Crippen molar-refractivity contribution in [1.82, 2.24) is 14.5 Å². The number of carbonyl (C=O) groups is 1. The van der Waals surface area contributed by atoms with E-state index in [-0.39, 0.29) is 11.8 Å². The molecule has 4 rings (SSSR count). The standard InChI is InChI=1S/C21H21N3O/c1-2-12-23-15-17(13-20(23)25)21-22-18-10-6-7-11-19(18)24(21)14-16-8-4-3-5-9-16/h2-11,17H,1,12-15H2/t17-/m0/s1. The van der Waals surface area contributed by atoms with Crippen LogP contribution in [0.1, 0.15) is 23.7 Å². The molecule has 0 spiro atoms. The lowest BCUT2D eigenvalue weighted by molar-refractivity contribution is -0.127. The number of hydrogen-bond donors (Lipinski definition) is 0. The molecule has 3 aromatic rings. The van der Waals surface area contributed by atoms with Crippen LogP contribution in [0, 0.1) is 0 Å². The second kappa shape index (κ2) is 6.55. The predicted molar refractivity (Wildman–Crippen MR) is 99.4 cm³/mol. The van der Waals surface area contributed by atoms with Gasteiger partial charge in [-0.05, 0) is 17.7 Å². The van der Waals surface area contributed by atoms with Gasteiger partial charge in [-0.15, -0.1) is 6.58 Å². The van der Waals surface area contributed by atoms with Gasteiger partial charge in [0.1, 0.15) is 5.82 Å². The first-order valence-electron chi connectivity index (χ1n) is 8.64. The first kappa shape index (κ1) is 15.6. The van der Waals surface area contributed by atoms with E-state index in [1.807, 2.05) is 29.2 Å². The van der Waals surface area contributed by atoms with Gasteiger partial charge < -0.3 is 9.47 Å². The monoisotopic (exact) mass is 331 g/mol. The number of rotatable bonds is 5. The summed E-state index contributed by atoms with van der Waals surface area (Å²) in [7, 11) is 0. The fraction of sp³-hybridized carbons (Fsp3) is 0.238. The number of carbonyl (C=O) groups excluding carboxylic acids is 1. The molecule has 1 aromatic heterocycles. The zero-order chi connectivity index (χ0) is 17.2. The largest absolute Gasteiger partial charge is 0.338 e. The maximum Gasteiger partial charge on any atom is 0.223 e. The molecule has 1 fully saturated rings. The maximum absolute atomic E-state index is 12.3. The fourth-order valence-electron chi connectivity index (χ4n) is 3.62. The number of aromatic nitrogens is 2. The Bertz CT molecular complexity index is 913. The highest BCUT2D eigenvalue weighted by Gasteiger charge is 2.33. The van der Waals surface area contributed by atoms with Crippen molar-refractivity contribution in [2.75, 3.05) is 13.1 Å². The Kier molecular flexibility index (Phi) is 4.10. The van der Waals surface area contributed by atoms with Crippen LogP contribution in [0.4, 0.5) is 0 Å². The van der Waals surface area contributed by atoms with E-state index in [9.17, 15) is 4.79 Å². The lowest BCUT2D eigenvalue weighted by atomic mass is 10.1. The van der Waals surface area contributed by atoms with Gasteiger partial charge >= 0.3 is 0 Å². The first-order valence-corrected chi connectivity index (χ1v) is 8.64. The summed E-state index contributed by atoms with van der Waals surface area (Å²) in [6, 6.07) is 18.6. The van der Waals surface area contributed by atoms with Crippen LogP contribution in [-0.2, 0) is 11.3 Å². The van der Waals surface area contributed by atoms with Crippen molar-refractivity contribution < 1.29 is 4.79 Å². The second-order valence-corrected chi connectivity index (χ2v) is 6.52. The molecule has 0 bridgehead atoms. The average Bonchev–Trinajstić information content (AvgIpc) is 3.18. The molecule has 25 heavy (non-hydrogen) atoms. The third-order valence-corrected chi connectivity index (χ3v) is 4.80. The predicted octanol–water partition coefficient (Wildman–Crippen LogP) is 3.59. The van der Waals surface area contributed by atoms with Crippen molar-refractivity contribution in [2.24, 2.45) is 0 Å². The average molecular weight is 331 g/mol. The van der Waals surface area contributed by atoms with Gasteiger partial charge in [-0.1, -0.05) is 48.5 Å². The number of amides is 1. The third kappa shape index (κ3) is 2.95. The van der Waals surface area contributed by atoms with E-state index in [0.29, 0.717) is 19.5 Å². The molecule has 0 aliphatic carbocycles. The lowest BCUT2D eigenvalue weighted by Gasteiger charge is -2.15. The van der Waals surface area contributed by atoms with Crippen molar-refractivity contribution in [2.45, 2.75) is 18.9 Å². The highest BCUT2D eigenvalue weighted by Crippen LogP contribution is 2.30. The molecule has 2 aromatic carbocycles. The molecular formula is C21H21N3O. The lowest BCUT2D eigenvalue weighted by Crippen LogP contribution is -2.25. The Hall–Kier alpha value is -2.88. The van der Waals surface area contributed by atoms with Gasteiger partial charge in [-0.2, -0.15) is 0 Å². The summed E-state index contributed by atoms with van der Waals surface area (Å²) in [6.45, 7) is 5.83. The Balaban J connectivity index is 1.74. The van der Waals surface area contributed by atoms with Crippen molar-refractivity contribution in [1.29, 1.82) is 0 Å². The first-order chi connectivity index (χ1) is 12.3. The maximum atomic E-state index is 12.3. The van der Waals surface area contributed by atoms with Crippen LogP contribution in [0.3, 0.4) is 0 Å². The molecule has 0 N–H and O–H groups in total. The number of fused-ring (bicyclic) bond motifs is 1. The molecular weight excluding hydrogens is 310 g/mol. The summed E-state index contributed by atoms with van der Waals surface area (Å²) in [5.41, 5.74) is 3.35. The van der Waals surface area contributed by atoms with Gasteiger partial charge in [-0.3, -0.25) is 4.79 Å². The van der Waals surface area contributed by atoms with Crippen LogP contribution in [0.2, 0.25) is 0 Å². The molecule has 4 nitrogen and oxygen atoms in total. The highest BCUT2D eigenvalue weighted by molar-refractivity contribution is 5.81. The van der Waals surface area contributed by atoms with Crippen LogP contribution in [0.15, 0.2) is 67.3 Å². The van der Waals surface area contributed by atoms with E-state index < -0.39 is 0 Å². The van der Waals surface area contributed by atoms with Gasteiger partial charge in [0.15, 0.2) is 0 Å². The minimum absolute atomic E-state index is 0.128. The smallest absolute Gasteiger partial charge is 0.223 e. The molecule has 1 amide bonds. The van der Waals surface area contributed by atoms with E-state index in [1.54, 1.807) is 6.08 Å². The van der Waals surface area contributed by atoms with E-state index >= 15 is 0 Å². The van der Waals surface area contributed by atoms with E-state index in [1.165, 1.54) is 5.56 Å². The number of nitrogens with zero attached hydrogens (tertiary/aromatic N) is 3. The fourth-order valence-corrected chi connectivity index (χ4v) is 3.62. The van der Waals surface area contributed by atoms with E-state index in [4.69, 9.17) is 4.98 Å². The number of para-hydroxylation sites is 2. The van der Waals surface area contributed by atoms with Crippen LogP contribution in [0.5, 0.6) is 0 Å². The van der Waals surface area contributed by atoms with Crippen molar-refractivity contribution in [3.8, 4) is 0 Å². The minimum Gasteiger partial charge on any atom is -0.338 e. The molecule has 1 aliphatic rings. The van der Waals surface area contributed by atoms with Crippen LogP contribution in [-0.4, -0.2) is 33.4 Å². The molecule has 0 unspecified atom stereocenters. The zero-order valence-electron chi connectivity index (χ0n) is 14.1. The summed E-state index contributed by atoms with van der Waals surface area (Å²) >= 11 is 0. The highest BCUT2D eigenvalue weighted by atomic mass is 16.2. The second-order valence-electron chi connectivity index (χ2n) is 6.52. The van der Waals surface area contributed by atoms with E-state index in [2.05, 4.69) is 41.5 Å². The van der Waals surface area contributed by atoms with Crippen molar-refractivity contribution in [3.05, 3.63) is 78.6 Å². The Labute approximate surface area is 147 Å². The normalized spacial score (nSPS) is 17.4. The number of benzene rings is 2. The van der Waals surface area contributed by atoms with Gasteiger partial charge in [0.25, 0.3) is 0 Å². The summed E-state index contributed by atoms with van der Waals surface area (Å²) < 4.78 is 2.26. The van der Waals surface area contributed by atoms with Gasteiger partial charge in [0, 0.05) is 32.0 Å². The van der Waals surface area contributed by atoms with Gasteiger partial charge in [0.2, 0.25) is 5.91 Å². The summed E-state index contributed by atoms with van der Waals surface area (Å²) in [5, 5.41) is 0. The Morgan fingerprint density at radius 3 is 2.68 bits per heavy atom. The Morgan fingerprint density at radius 1 is 1.12 bits per heavy atom. The molecule has 1 atom stereocenters. The van der Waals surface area contributed by atoms with Crippen molar-refractivity contribution >= 4 is 16.9 Å². The van der Waals surface area contributed by atoms with Crippen LogP contribution >= 0.6 is 0 Å². The van der Waals surface area contributed by atoms with Crippen LogP contribution in [0.25, 0.3) is 11.0 Å². The molecule has 0 saturated carbocycles. The molecule has 0 radical (unpaired) electrons. The topological polar surface area (TPSA) is 38.1 Å². The quantitative estimate of drug-likeness (QED) is 0.670. The summed E-state index contributed by atoms with van der Waals surface area (Å²) in [5.74, 6) is 1.32. The van der Waals surface area contributed by atoms with Gasteiger partial charge in [-0.25, -0.2) is 4.98 Å². The molecule has 126 valence electrons. The minimum atomic E-state index is 0.128. The van der Waals surface area contributed by atoms with Gasteiger partial charge in [0.05, 0.1) is 11.0 Å². The molecule has 1 saturated heterocycles. The zero-order valence-corrected chi connectivity index (χ0v) is 14.1. The van der Waals surface area contributed by atoms with E-state index in [0.717, 1.165) is 23.4 Å². The molecule has 1 aliphatic heterocycles. The SMILES string of the molecule is C=CCN1C[C@@H](c2nc3ccccc3n2Cc2ccccc2)CC1=O. The number of hydrogen-bond acceptors (Lipinski definition) is 2. The molecule has 2 heterocycles. The Morgan fingerprint density at radius 2 is 1.88 bits per heavy atom. The summed E-state index contributed by atoms with van der Waals surface area (Å²) in [6.07, 6.45) is 2.30. The molecule has 4 heteroatoms. The number of imidazole rings is 1. The number of likely N-dealkylation sites (tertiary alicyclic amines) is 1. The van der Waals surface area contributed by atoms with Crippen LogP contribution < -0.4 is 0 Å². The third-order valence-electron chi connectivity index (χ3n) is 4.80.